The van der Waals surface area contributed by atoms with Gasteiger partial charge in [0.15, 0.2) is 5.65 Å². The SMILES string of the molecule is O=c1c2c(C3CCNCC3)n3nc4cccc(Cl)c4c3n1OS(=O)(=O)O2. The Morgan fingerprint density at radius 2 is 2.04 bits per heavy atom. The van der Waals surface area contributed by atoms with Crippen molar-refractivity contribution in [2.24, 2.45) is 0 Å². The topological polar surface area (TPSA) is 104 Å². The number of aromatic nitrogens is 3. The molecule has 0 radical (unpaired) electrons. The highest BCUT2D eigenvalue weighted by Gasteiger charge is 2.37. The molecule has 5 rings (SSSR count). The van der Waals surface area contributed by atoms with E-state index in [0.29, 0.717) is 26.3 Å². The zero-order chi connectivity index (χ0) is 18.1. The number of nitrogens with zero attached hydrogens (tertiary/aromatic N) is 3. The molecule has 26 heavy (non-hydrogen) atoms. The van der Waals surface area contributed by atoms with Crippen LogP contribution in [-0.4, -0.2) is 35.9 Å². The van der Waals surface area contributed by atoms with Crippen molar-refractivity contribution in [1.82, 2.24) is 19.7 Å². The molecule has 2 aliphatic heterocycles. The van der Waals surface area contributed by atoms with Crippen LogP contribution in [-0.2, 0) is 10.4 Å². The lowest BCUT2D eigenvalue weighted by atomic mass is 9.94. The minimum Gasteiger partial charge on any atom is -0.344 e. The quantitative estimate of drug-likeness (QED) is 0.649. The van der Waals surface area contributed by atoms with Crippen molar-refractivity contribution in [2.45, 2.75) is 18.8 Å². The zero-order valence-corrected chi connectivity index (χ0v) is 14.9. The highest BCUT2D eigenvalue weighted by atomic mass is 35.5. The van der Waals surface area contributed by atoms with Gasteiger partial charge in [0.2, 0.25) is 5.75 Å². The standard InChI is InChI=1S/C15H13ClN4O5S/c16-9-2-1-3-10-11(9)14-19(18-10)12(8-4-6-17-7-5-8)13-15(21)20(14)25-26(22,23)24-13/h1-3,8,17H,4-7H2. The van der Waals surface area contributed by atoms with E-state index in [4.69, 9.17) is 20.1 Å². The van der Waals surface area contributed by atoms with Gasteiger partial charge in [-0.3, -0.25) is 9.08 Å². The first-order valence-corrected chi connectivity index (χ1v) is 9.78. The molecule has 1 aromatic carbocycles. The summed E-state index contributed by atoms with van der Waals surface area (Å²) in [7, 11) is -4.40. The largest absolute Gasteiger partial charge is 0.520 e. The number of piperidine rings is 1. The van der Waals surface area contributed by atoms with E-state index in [-0.39, 0.29) is 17.3 Å². The van der Waals surface area contributed by atoms with Gasteiger partial charge in [0, 0.05) is 5.92 Å². The Labute approximate surface area is 152 Å². The monoisotopic (exact) mass is 396 g/mol. The molecule has 9 nitrogen and oxygen atoms in total. The van der Waals surface area contributed by atoms with Gasteiger partial charge in [-0.1, -0.05) is 22.4 Å². The van der Waals surface area contributed by atoms with Crippen LogP contribution in [0.4, 0.5) is 0 Å². The second kappa shape index (κ2) is 5.35. The first-order valence-electron chi connectivity index (χ1n) is 8.07. The van der Waals surface area contributed by atoms with Crippen molar-refractivity contribution < 1.29 is 16.9 Å². The molecule has 1 saturated heterocycles. The molecular formula is C15H13ClN4O5S. The number of rotatable bonds is 1. The molecule has 0 spiro atoms. The summed E-state index contributed by atoms with van der Waals surface area (Å²) >= 11 is 6.31. The lowest BCUT2D eigenvalue weighted by Crippen LogP contribution is -2.43. The van der Waals surface area contributed by atoms with Gasteiger partial charge in [-0.05, 0) is 38.1 Å². The molecular weight excluding hydrogens is 384 g/mol. The van der Waals surface area contributed by atoms with Gasteiger partial charge in [0.25, 0.3) is 0 Å². The molecule has 0 atom stereocenters. The fourth-order valence-electron chi connectivity index (χ4n) is 3.64. The molecule has 2 aromatic heterocycles. The van der Waals surface area contributed by atoms with Crippen LogP contribution in [0.5, 0.6) is 5.75 Å². The maximum Gasteiger partial charge on any atom is 0.520 e. The third kappa shape index (κ3) is 2.15. The lowest BCUT2D eigenvalue weighted by molar-refractivity contribution is 0.212. The molecule has 1 fully saturated rings. The van der Waals surface area contributed by atoms with Crippen molar-refractivity contribution in [3.8, 4) is 5.75 Å². The molecule has 2 aliphatic rings. The van der Waals surface area contributed by atoms with E-state index in [1.807, 2.05) is 0 Å². The Hall–Kier alpha value is -2.30. The summed E-state index contributed by atoms with van der Waals surface area (Å²) in [4.78, 5) is 12.8. The Balaban J connectivity index is 1.98. The summed E-state index contributed by atoms with van der Waals surface area (Å²) in [6, 6.07) is 5.12. The summed E-state index contributed by atoms with van der Waals surface area (Å²) in [6.45, 7) is 1.50. The van der Waals surface area contributed by atoms with Crippen molar-refractivity contribution in [1.29, 1.82) is 0 Å². The highest BCUT2D eigenvalue weighted by Crippen LogP contribution is 2.36. The van der Waals surface area contributed by atoms with Crippen LogP contribution in [0.3, 0.4) is 0 Å². The van der Waals surface area contributed by atoms with Gasteiger partial charge in [-0.15, -0.1) is 8.42 Å². The normalized spacial score (nSPS) is 19.4. The fourth-order valence-corrected chi connectivity index (χ4v) is 4.60. The molecule has 2 bridgehead atoms. The molecule has 11 heteroatoms. The molecule has 0 saturated carbocycles. The number of nitrogens with one attached hydrogen (secondary N) is 1. The molecule has 3 aromatic rings. The predicted molar refractivity (Wildman–Crippen MR) is 92.9 cm³/mol. The summed E-state index contributed by atoms with van der Waals surface area (Å²) in [5.41, 5.74) is 0.463. The summed E-state index contributed by atoms with van der Waals surface area (Å²) in [6.07, 6.45) is 1.44. The third-order valence-corrected chi connectivity index (χ3v) is 5.75. The summed E-state index contributed by atoms with van der Waals surface area (Å²) < 4.78 is 36.0. The van der Waals surface area contributed by atoms with Gasteiger partial charge in [0.1, 0.15) is 0 Å². The summed E-state index contributed by atoms with van der Waals surface area (Å²) in [5.74, 6) is -0.350. The second-order valence-corrected chi connectivity index (χ2v) is 7.81. The molecule has 4 heterocycles. The molecule has 0 aliphatic carbocycles. The van der Waals surface area contributed by atoms with Crippen molar-refractivity contribution >= 4 is 38.6 Å². The molecule has 0 amide bonds. The van der Waals surface area contributed by atoms with Gasteiger partial charge in [0.05, 0.1) is 21.6 Å². The van der Waals surface area contributed by atoms with E-state index in [1.165, 1.54) is 4.52 Å². The number of hydrogen-bond acceptors (Lipinski definition) is 7. The minimum absolute atomic E-state index is 0.0857. The molecule has 1 N–H and O–H groups in total. The van der Waals surface area contributed by atoms with E-state index < -0.39 is 16.0 Å². The van der Waals surface area contributed by atoms with E-state index in [1.54, 1.807) is 18.2 Å². The lowest BCUT2D eigenvalue weighted by Gasteiger charge is -2.27. The van der Waals surface area contributed by atoms with E-state index >= 15 is 0 Å². The van der Waals surface area contributed by atoms with Gasteiger partial charge >= 0.3 is 16.0 Å². The second-order valence-electron chi connectivity index (χ2n) is 6.27. The van der Waals surface area contributed by atoms with Crippen molar-refractivity contribution in [3.05, 3.63) is 39.3 Å². The number of benzene rings is 1. The van der Waals surface area contributed by atoms with Crippen LogP contribution >= 0.6 is 11.6 Å². The van der Waals surface area contributed by atoms with E-state index in [2.05, 4.69) is 10.4 Å². The molecule has 136 valence electrons. The predicted octanol–water partition coefficient (Wildman–Crippen LogP) is 0.835. The first kappa shape index (κ1) is 15.9. The Morgan fingerprint density at radius 3 is 2.81 bits per heavy atom. The van der Waals surface area contributed by atoms with Crippen LogP contribution in [0.2, 0.25) is 5.02 Å². The first-order chi connectivity index (χ1) is 12.5. The third-order valence-electron chi connectivity index (χ3n) is 4.73. The van der Waals surface area contributed by atoms with Crippen LogP contribution in [0.1, 0.15) is 24.5 Å². The van der Waals surface area contributed by atoms with Crippen LogP contribution in [0.15, 0.2) is 23.0 Å². The van der Waals surface area contributed by atoms with Crippen LogP contribution < -0.4 is 19.3 Å². The van der Waals surface area contributed by atoms with E-state index in [9.17, 15) is 13.2 Å². The van der Waals surface area contributed by atoms with Crippen molar-refractivity contribution in [3.63, 3.8) is 0 Å². The van der Waals surface area contributed by atoms with Gasteiger partial charge < -0.3 is 9.50 Å². The Morgan fingerprint density at radius 1 is 1.27 bits per heavy atom. The zero-order valence-electron chi connectivity index (χ0n) is 13.3. The smallest absolute Gasteiger partial charge is 0.344 e. The Bertz CT molecular complexity index is 1230. The maximum atomic E-state index is 12.8. The molecule has 0 unspecified atom stereocenters. The highest BCUT2D eigenvalue weighted by molar-refractivity contribution is 7.82. The summed E-state index contributed by atoms with van der Waals surface area (Å²) in [5, 5.41) is 8.58. The van der Waals surface area contributed by atoms with Crippen molar-refractivity contribution in [2.75, 3.05) is 13.1 Å². The van der Waals surface area contributed by atoms with E-state index in [0.717, 1.165) is 25.9 Å². The number of fused-ring (bicyclic) bond motifs is 6. The van der Waals surface area contributed by atoms with Crippen LogP contribution in [0, 0.1) is 0 Å². The van der Waals surface area contributed by atoms with Gasteiger partial charge in [-0.2, -0.15) is 5.10 Å². The fraction of sp³-hybridized carbons (Fsp3) is 0.333. The van der Waals surface area contributed by atoms with Crippen LogP contribution in [0.25, 0.3) is 16.6 Å². The average molecular weight is 397 g/mol. The van der Waals surface area contributed by atoms with Gasteiger partial charge in [-0.25, -0.2) is 4.52 Å². The average Bonchev–Trinajstić information content (AvgIpc) is 2.98. The maximum absolute atomic E-state index is 12.8. The Kier molecular flexibility index (Phi) is 3.27. The number of hydrogen-bond donors (Lipinski definition) is 1. The number of halogens is 1. The minimum atomic E-state index is -4.40.